The number of nitrogens with one attached hydrogen (secondary N) is 2. The van der Waals surface area contributed by atoms with Crippen LogP contribution in [0, 0.1) is 45.5 Å². The second-order valence-electron chi connectivity index (χ2n) is 12.5. The Morgan fingerprint density at radius 3 is 2.43 bits per heavy atom. The molecular weight excluding hydrogens is 676 g/mol. The minimum absolute atomic E-state index is 0.0420. The molecule has 250 valence electrons. The predicted molar refractivity (Wildman–Crippen MR) is 178 cm³/mol. The molecule has 3 amide bonds. The van der Waals surface area contributed by atoms with Crippen LogP contribution in [0.1, 0.15) is 22.8 Å². The van der Waals surface area contributed by atoms with Crippen LogP contribution in [-0.2, 0) is 14.4 Å². The molecule has 2 N–H and O–H groups in total. The fourth-order valence-corrected chi connectivity index (χ4v) is 11.1. The Morgan fingerprint density at radius 2 is 1.73 bits per heavy atom. The van der Waals surface area contributed by atoms with Crippen LogP contribution < -0.4 is 24.6 Å². The molecule has 2 aliphatic heterocycles. The van der Waals surface area contributed by atoms with E-state index < -0.39 is 28.5 Å². The van der Waals surface area contributed by atoms with Crippen molar-refractivity contribution in [1.29, 1.82) is 0 Å². The number of thioether (sulfide) groups is 1. The number of nitro benzene ring substituents is 1. The van der Waals surface area contributed by atoms with Gasteiger partial charge >= 0.3 is 4.87 Å². The maximum Gasteiger partial charge on any atom is 0.305 e. The molecule has 12 nitrogen and oxygen atoms in total. The molecular formula is C34H27FN4O8S2. The number of aromatic nitrogens is 1. The highest BCUT2D eigenvalue weighted by Crippen LogP contribution is 2.68. The first kappa shape index (κ1) is 31.3. The predicted octanol–water partition coefficient (Wildman–Crippen LogP) is 5.19. The molecule has 3 fully saturated rings. The molecule has 8 rings (SSSR count). The summed E-state index contributed by atoms with van der Waals surface area (Å²) in [6.07, 6.45) is 0.695. The minimum atomic E-state index is -0.543. The van der Waals surface area contributed by atoms with Gasteiger partial charge in [-0.05, 0) is 78.3 Å². The number of H-pyrrole nitrogens is 1. The largest absolute Gasteiger partial charge is 0.493 e. The van der Waals surface area contributed by atoms with Crippen LogP contribution >= 0.6 is 23.1 Å². The zero-order valence-corrected chi connectivity index (χ0v) is 27.3. The number of benzene rings is 3. The summed E-state index contributed by atoms with van der Waals surface area (Å²) in [7, 11) is 1.49. The molecule has 1 aromatic heterocycles. The second kappa shape index (κ2) is 11.8. The van der Waals surface area contributed by atoms with Crippen LogP contribution in [-0.4, -0.2) is 46.6 Å². The molecule has 0 spiro atoms. The summed E-state index contributed by atoms with van der Waals surface area (Å²) in [4.78, 5) is 68.5. The third-order valence-electron chi connectivity index (χ3n) is 10.1. The number of amides is 3. The van der Waals surface area contributed by atoms with Crippen LogP contribution in [0.25, 0.3) is 0 Å². The Hall–Kier alpha value is -5.02. The number of carbonyl (C=O) groups excluding carboxylic acids is 3. The van der Waals surface area contributed by atoms with Gasteiger partial charge in [0.25, 0.3) is 11.6 Å². The zero-order valence-electron chi connectivity index (χ0n) is 25.7. The van der Waals surface area contributed by atoms with E-state index in [1.54, 1.807) is 17.8 Å². The lowest BCUT2D eigenvalue weighted by molar-refractivity contribution is -0.384. The van der Waals surface area contributed by atoms with Crippen LogP contribution in [0.3, 0.4) is 0 Å². The van der Waals surface area contributed by atoms with E-state index in [-0.39, 0.29) is 57.9 Å². The first-order valence-electron chi connectivity index (χ1n) is 15.5. The lowest BCUT2D eigenvalue weighted by Crippen LogP contribution is -2.42. The summed E-state index contributed by atoms with van der Waals surface area (Å²) in [5, 5.41) is 14.5. The lowest BCUT2D eigenvalue weighted by atomic mass is 9.68. The number of non-ortho nitro benzene ring substituents is 1. The van der Waals surface area contributed by atoms with Crippen LogP contribution in [0.5, 0.6) is 11.5 Å². The Balaban J connectivity index is 1.08. The van der Waals surface area contributed by atoms with E-state index in [1.165, 1.54) is 60.5 Å². The van der Waals surface area contributed by atoms with Crippen molar-refractivity contribution in [3.63, 3.8) is 0 Å². The van der Waals surface area contributed by atoms with E-state index in [4.69, 9.17) is 9.47 Å². The van der Waals surface area contributed by atoms with E-state index in [0.717, 1.165) is 26.8 Å². The smallest absolute Gasteiger partial charge is 0.305 e. The SMILES string of the molecule is COc1cc([C@H]2c3sc(=O)[nH]c3SC3C4CC(C5C(=O)N(c6ccc([N+](=O)[O-])cc6)C(=O)C45)C32)ccc1OCC(=O)Nc1ccc(F)cc1. The highest BCUT2D eigenvalue weighted by molar-refractivity contribution is 8.00. The van der Waals surface area contributed by atoms with E-state index >= 15 is 0 Å². The molecule has 2 aliphatic carbocycles. The number of fused-ring (bicyclic) bond motifs is 9. The minimum Gasteiger partial charge on any atom is -0.493 e. The molecule has 3 heterocycles. The molecule has 1 saturated heterocycles. The fraction of sp³-hybridized carbons (Fsp3) is 0.294. The van der Waals surface area contributed by atoms with Gasteiger partial charge < -0.3 is 19.8 Å². The highest BCUT2D eigenvalue weighted by atomic mass is 32.2. The molecule has 7 atom stereocenters. The summed E-state index contributed by atoms with van der Waals surface area (Å²) in [5.74, 6) is -2.39. The first-order chi connectivity index (χ1) is 23.6. The zero-order chi connectivity index (χ0) is 34.1. The molecule has 2 bridgehead atoms. The fourth-order valence-electron chi connectivity index (χ4n) is 8.24. The Labute approximate surface area is 285 Å². The van der Waals surface area contributed by atoms with E-state index in [2.05, 4.69) is 10.3 Å². The Morgan fingerprint density at radius 1 is 1.02 bits per heavy atom. The summed E-state index contributed by atoms with van der Waals surface area (Å²) in [6, 6.07) is 16.2. The number of nitrogens with zero attached hydrogens (tertiary/aromatic N) is 2. The third kappa shape index (κ3) is 5.10. The van der Waals surface area contributed by atoms with Crippen LogP contribution in [0.2, 0.25) is 0 Å². The van der Waals surface area contributed by atoms with Gasteiger partial charge in [-0.15, -0.1) is 11.8 Å². The summed E-state index contributed by atoms with van der Waals surface area (Å²) >= 11 is 2.70. The number of aromatic amines is 1. The number of anilines is 2. The van der Waals surface area contributed by atoms with Crippen molar-refractivity contribution in [3.05, 3.63) is 103 Å². The average molecular weight is 703 g/mol. The standard InChI is InChI=1S/C34H27FN4O8S2/c1-46-23-12-15(2-11-22(23)47-14-24(40)36-17-5-3-16(35)4-6-17)25-26-20-13-21(29(26)48-31-30(25)49-34(43)37-31)28-27(20)32(41)38(33(28)42)18-7-9-19(10-8-18)39(44)45/h2-12,20-21,25-29H,13-14H2,1H3,(H,36,40)(H,37,43)/t20?,21?,25-,26?,27?,28?,29?/m1/s1. The third-order valence-corrected chi connectivity index (χ3v) is 12.7. The van der Waals surface area contributed by atoms with Crippen molar-refractivity contribution in [2.45, 2.75) is 22.6 Å². The lowest BCUT2D eigenvalue weighted by Gasteiger charge is -2.43. The van der Waals surface area contributed by atoms with Crippen LogP contribution in [0.4, 0.5) is 21.5 Å². The van der Waals surface area contributed by atoms with Crippen molar-refractivity contribution in [3.8, 4) is 11.5 Å². The van der Waals surface area contributed by atoms with Crippen molar-refractivity contribution in [1.82, 2.24) is 4.98 Å². The summed E-state index contributed by atoms with van der Waals surface area (Å²) in [6.45, 7) is -0.324. The average Bonchev–Trinajstić information content (AvgIpc) is 3.83. The second-order valence-corrected chi connectivity index (χ2v) is 14.7. The number of hydrogen-bond acceptors (Lipinski definition) is 10. The number of ether oxygens (including phenoxy) is 2. The number of rotatable bonds is 8. The van der Waals surface area contributed by atoms with Crippen molar-refractivity contribution >= 4 is 57.9 Å². The first-order valence-corrected chi connectivity index (χ1v) is 17.2. The van der Waals surface area contributed by atoms with Crippen molar-refractivity contribution < 1.29 is 33.2 Å². The normalized spacial score (nSPS) is 26.2. The van der Waals surface area contributed by atoms with Gasteiger partial charge in [-0.3, -0.25) is 34.2 Å². The quantitative estimate of drug-likeness (QED) is 0.143. The molecule has 4 aromatic rings. The van der Waals surface area contributed by atoms with Gasteiger partial charge in [0, 0.05) is 33.9 Å². The Bertz CT molecular complexity index is 2080. The molecule has 3 aromatic carbocycles. The summed E-state index contributed by atoms with van der Waals surface area (Å²) in [5.41, 5.74) is 1.46. The van der Waals surface area contributed by atoms with Gasteiger partial charge in [-0.2, -0.15) is 0 Å². The topological polar surface area (TPSA) is 161 Å². The number of imide groups is 1. The molecule has 15 heteroatoms. The number of thiazole rings is 1. The number of carbonyl (C=O) groups is 3. The number of hydrogen-bond donors (Lipinski definition) is 2. The maximum atomic E-state index is 14.0. The summed E-state index contributed by atoms with van der Waals surface area (Å²) < 4.78 is 24.7. The van der Waals surface area contributed by atoms with Crippen LogP contribution in [0.15, 0.2) is 76.6 Å². The van der Waals surface area contributed by atoms with E-state index in [0.29, 0.717) is 29.3 Å². The molecule has 49 heavy (non-hydrogen) atoms. The van der Waals surface area contributed by atoms with Gasteiger partial charge in [-0.1, -0.05) is 17.4 Å². The van der Waals surface area contributed by atoms with E-state index in [1.807, 2.05) is 12.1 Å². The Kier molecular flexibility index (Phi) is 7.55. The molecule has 6 unspecified atom stereocenters. The molecule has 4 aliphatic rings. The monoisotopic (exact) mass is 702 g/mol. The number of methoxy groups -OCH3 is 1. The van der Waals surface area contributed by atoms with Gasteiger partial charge in [-0.25, -0.2) is 4.39 Å². The van der Waals surface area contributed by atoms with Crippen molar-refractivity contribution in [2.24, 2.45) is 29.6 Å². The van der Waals surface area contributed by atoms with Gasteiger partial charge in [0.2, 0.25) is 11.8 Å². The van der Waals surface area contributed by atoms with Gasteiger partial charge in [0.15, 0.2) is 18.1 Å². The molecule has 2 saturated carbocycles. The number of nitro groups is 1. The molecule has 0 radical (unpaired) electrons. The van der Waals surface area contributed by atoms with E-state index in [9.17, 15) is 33.7 Å². The maximum absolute atomic E-state index is 14.0. The van der Waals surface area contributed by atoms with Crippen molar-refractivity contribution in [2.75, 3.05) is 23.9 Å². The van der Waals surface area contributed by atoms with Gasteiger partial charge in [0.05, 0.1) is 34.6 Å². The van der Waals surface area contributed by atoms with Gasteiger partial charge in [0.1, 0.15) is 5.82 Å². The highest BCUT2D eigenvalue weighted by Gasteiger charge is 2.69. The number of halogens is 1.